The summed E-state index contributed by atoms with van der Waals surface area (Å²) in [4.78, 5) is 24.0. The highest BCUT2D eigenvalue weighted by molar-refractivity contribution is 5.92. The Hall–Kier alpha value is -3.61. The minimum Gasteiger partial charge on any atom is -0.477 e. The van der Waals surface area contributed by atoms with Crippen LogP contribution < -0.4 is 5.43 Å². The largest absolute Gasteiger partial charge is 0.477 e. The van der Waals surface area contributed by atoms with E-state index in [4.69, 9.17) is 9.52 Å². The summed E-state index contributed by atoms with van der Waals surface area (Å²) in [6.07, 6.45) is 3.13. The van der Waals surface area contributed by atoms with E-state index in [9.17, 15) is 14.7 Å². The number of carboxylic acid groups (broad SMARTS) is 1. The maximum atomic E-state index is 12.5. The second-order valence-electron chi connectivity index (χ2n) is 8.77. The Labute approximate surface area is 172 Å². The Morgan fingerprint density at radius 1 is 1.20 bits per heavy atom. The van der Waals surface area contributed by atoms with Crippen LogP contribution in [0.2, 0.25) is 0 Å². The standard InChI is InChI=1S/C23H21N3O4/c1-23(2,3)20-12-26-18(17-10-19(27)15(22(28)29)11-25(17)20)9-16(24-26)14-6-4-5-13-7-8-30-21(13)14/h4-11,20H,12H2,1-3H3,(H,28,29)/t20-/m0/s1. The molecule has 5 rings (SSSR count). The summed E-state index contributed by atoms with van der Waals surface area (Å²) in [5.74, 6) is -1.22. The summed E-state index contributed by atoms with van der Waals surface area (Å²) in [6.45, 7) is 6.86. The lowest BCUT2D eigenvalue weighted by Crippen LogP contribution is -2.35. The molecule has 152 valence electrons. The van der Waals surface area contributed by atoms with Gasteiger partial charge in [0.2, 0.25) is 0 Å². The van der Waals surface area contributed by atoms with E-state index in [0.717, 1.165) is 27.9 Å². The van der Waals surface area contributed by atoms with Gasteiger partial charge in [-0.05, 0) is 23.6 Å². The van der Waals surface area contributed by atoms with Gasteiger partial charge in [0.1, 0.15) is 11.1 Å². The molecule has 0 fully saturated rings. The first kappa shape index (κ1) is 18.4. The van der Waals surface area contributed by atoms with Crippen molar-refractivity contribution in [3.63, 3.8) is 0 Å². The third kappa shape index (κ3) is 2.69. The van der Waals surface area contributed by atoms with E-state index in [1.54, 1.807) is 6.26 Å². The molecule has 1 N–H and O–H groups in total. The smallest absolute Gasteiger partial charge is 0.341 e. The Morgan fingerprint density at radius 2 is 2.00 bits per heavy atom. The first-order valence-corrected chi connectivity index (χ1v) is 9.78. The topological polar surface area (TPSA) is 90.3 Å². The molecule has 1 atom stereocenters. The van der Waals surface area contributed by atoms with Gasteiger partial charge in [-0.1, -0.05) is 32.9 Å². The molecule has 4 heterocycles. The van der Waals surface area contributed by atoms with Crippen LogP contribution in [0.15, 0.2) is 58.1 Å². The van der Waals surface area contributed by atoms with E-state index in [-0.39, 0.29) is 17.0 Å². The lowest BCUT2D eigenvalue weighted by molar-refractivity contribution is 0.0693. The molecular formula is C23H21N3O4. The zero-order valence-electron chi connectivity index (χ0n) is 16.9. The van der Waals surface area contributed by atoms with Crippen molar-refractivity contribution in [3.8, 4) is 22.6 Å². The van der Waals surface area contributed by atoms with Crippen LogP contribution in [0, 0.1) is 5.41 Å². The molecule has 1 aliphatic heterocycles. The summed E-state index contributed by atoms with van der Waals surface area (Å²) < 4.78 is 9.49. The van der Waals surface area contributed by atoms with Crippen LogP contribution in [0.1, 0.15) is 37.2 Å². The number of furan rings is 1. The first-order chi connectivity index (χ1) is 14.2. The van der Waals surface area contributed by atoms with Gasteiger partial charge in [-0.15, -0.1) is 0 Å². The molecule has 7 heteroatoms. The van der Waals surface area contributed by atoms with Crippen LogP contribution in [0.3, 0.4) is 0 Å². The highest BCUT2D eigenvalue weighted by Gasteiger charge is 2.34. The lowest BCUT2D eigenvalue weighted by atomic mass is 9.85. The van der Waals surface area contributed by atoms with Gasteiger partial charge in [-0.25, -0.2) is 4.79 Å². The summed E-state index contributed by atoms with van der Waals surface area (Å²) >= 11 is 0. The number of aromatic nitrogens is 3. The van der Waals surface area contributed by atoms with Gasteiger partial charge in [0.05, 0.1) is 35.9 Å². The van der Waals surface area contributed by atoms with E-state index < -0.39 is 11.4 Å². The molecule has 7 nitrogen and oxygen atoms in total. The molecule has 0 saturated heterocycles. The predicted molar refractivity (Wildman–Crippen MR) is 113 cm³/mol. The van der Waals surface area contributed by atoms with Gasteiger partial charge >= 0.3 is 5.97 Å². The summed E-state index contributed by atoms with van der Waals surface area (Å²) in [6, 6.07) is 11.1. The van der Waals surface area contributed by atoms with Crippen LogP contribution in [0.5, 0.6) is 0 Å². The highest BCUT2D eigenvalue weighted by Crippen LogP contribution is 2.41. The quantitative estimate of drug-likeness (QED) is 0.535. The second-order valence-corrected chi connectivity index (χ2v) is 8.77. The average Bonchev–Trinajstić information content (AvgIpc) is 3.32. The number of aromatic carboxylic acids is 1. The van der Waals surface area contributed by atoms with Crippen molar-refractivity contribution in [2.45, 2.75) is 33.4 Å². The molecule has 0 radical (unpaired) electrons. The number of carboxylic acids is 1. The molecule has 30 heavy (non-hydrogen) atoms. The number of hydrogen-bond donors (Lipinski definition) is 1. The van der Waals surface area contributed by atoms with Gasteiger partial charge in [0, 0.05) is 23.2 Å². The van der Waals surface area contributed by atoms with Crippen molar-refractivity contribution in [2.24, 2.45) is 5.41 Å². The Balaban J connectivity index is 1.75. The first-order valence-electron chi connectivity index (χ1n) is 9.78. The number of pyridine rings is 1. The van der Waals surface area contributed by atoms with Crippen LogP contribution >= 0.6 is 0 Å². The zero-order valence-corrected chi connectivity index (χ0v) is 16.9. The number of nitrogens with zero attached hydrogens (tertiary/aromatic N) is 3. The molecule has 0 spiro atoms. The SMILES string of the molecule is CC(C)(C)[C@@H]1Cn2nc(-c3cccc4ccoc34)cc2-c2cc(=O)c(C(=O)O)cn21. The molecule has 0 amide bonds. The second kappa shape index (κ2) is 6.19. The number of fused-ring (bicyclic) bond motifs is 4. The zero-order chi connectivity index (χ0) is 21.2. The van der Waals surface area contributed by atoms with E-state index >= 15 is 0 Å². The number of para-hydroxylation sites is 1. The molecule has 4 aromatic rings. The maximum absolute atomic E-state index is 12.5. The Kier molecular flexibility index (Phi) is 3.80. The molecule has 1 aliphatic rings. The fraction of sp³-hybridized carbons (Fsp3) is 0.261. The Morgan fingerprint density at radius 3 is 2.73 bits per heavy atom. The van der Waals surface area contributed by atoms with Gasteiger partial charge in [-0.3, -0.25) is 9.48 Å². The van der Waals surface area contributed by atoms with Crippen molar-refractivity contribution in [1.82, 2.24) is 14.3 Å². The molecule has 3 aromatic heterocycles. The minimum absolute atomic E-state index is 0.0640. The summed E-state index contributed by atoms with van der Waals surface area (Å²) in [5, 5.41) is 15.3. The van der Waals surface area contributed by atoms with Crippen LogP contribution in [-0.2, 0) is 6.54 Å². The number of carbonyl (C=O) groups is 1. The summed E-state index contributed by atoms with van der Waals surface area (Å²) in [7, 11) is 0. The van der Waals surface area contributed by atoms with Gasteiger partial charge in [0.15, 0.2) is 5.43 Å². The molecule has 0 unspecified atom stereocenters. The maximum Gasteiger partial charge on any atom is 0.341 e. The fourth-order valence-corrected chi connectivity index (χ4v) is 4.20. The van der Waals surface area contributed by atoms with Crippen LogP contribution in [-0.4, -0.2) is 25.4 Å². The average molecular weight is 403 g/mol. The fourth-order valence-electron chi connectivity index (χ4n) is 4.20. The predicted octanol–water partition coefficient (Wildman–Crippen LogP) is 4.42. The summed E-state index contributed by atoms with van der Waals surface area (Å²) in [5.41, 5.74) is 2.93. The van der Waals surface area contributed by atoms with Crippen molar-refractivity contribution >= 4 is 16.9 Å². The number of hydrogen-bond acceptors (Lipinski definition) is 4. The Bertz CT molecular complexity index is 1370. The van der Waals surface area contributed by atoms with Gasteiger partial charge in [0.25, 0.3) is 0 Å². The van der Waals surface area contributed by atoms with E-state index in [2.05, 4.69) is 20.8 Å². The van der Waals surface area contributed by atoms with Gasteiger partial charge in [-0.2, -0.15) is 5.10 Å². The molecule has 1 aromatic carbocycles. The third-order valence-corrected chi connectivity index (χ3v) is 5.79. The van der Waals surface area contributed by atoms with E-state index in [1.807, 2.05) is 39.6 Å². The van der Waals surface area contributed by atoms with Crippen molar-refractivity contribution in [3.05, 3.63) is 64.6 Å². The minimum atomic E-state index is -1.22. The van der Waals surface area contributed by atoms with E-state index in [1.165, 1.54) is 12.3 Å². The van der Waals surface area contributed by atoms with Crippen molar-refractivity contribution in [1.29, 1.82) is 0 Å². The molecule has 0 aliphatic carbocycles. The lowest BCUT2D eigenvalue weighted by Gasteiger charge is -2.38. The number of rotatable bonds is 2. The molecule has 0 saturated carbocycles. The van der Waals surface area contributed by atoms with Gasteiger partial charge < -0.3 is 14.1 Å². The number of benzene rings is 1. The van der Waals surface area contributed by atoms with Crippen LogP contribution in [0.25, 0.3) is 33.6 Å². The van der Waals surface area contributed by atoms with E-state index in [0.29, 0.717) is 12.2 Å². The highest BCUT2D eigenvalue weighted by atomic mass is 16.4. The van der Waals surface area contributed by atoms with Crippen molar-refractivity contribution in [2.75, 3.05) is 0 Å². The normalized spacial score (nSPS) is 15.8. The molecular weight excluding hydrogens is 382 g/mol. The van der Waals surface area contributed by atoms with Crippen LogP contribution in [0.4, 0.5) is 0 Å². The monoisotopic (exact) mass is 403 g/mol. The third-order valence-electron chi connectivity index (χ3n) is 5.79. The molecule has 0 bridgehead atoms. The van der Waals surface area contributed by atoms with Crippen molar-refractivity contribution < 1.29 is 14.3 Å².